The molecule has 0 spiro atoms. The zero-order valence-electron chi connectivity index (χ0n) is 23.0. The van der Waals surface area contributed by atoms with Gasteiger partial charge in [-0.05, 0) is 38.1 Å². The van der Waals surface area contributed by atoms with Crippen LogP contribution in [0.5, 0.6) is 0 Å². The molecule has 0 amide bonds. The molecule has 0 bridgehead atoms. The number of hydrogen-bond donors (Lipinski definition) is 2. The van der Waals surface area contributed by atoms with Crippen molar-refractivity contribution in [3.63, 3.8) is 0 Å². The molecular weight excluding hydrogens is 558 g/mol. The molecule has 1 saturated heterocycles. The number of nitrogens with two attached hydrogens (primary N) is 1. The van der Waals surface area contributed by atoms with E-state index < -0.39 is 23.0 Å². The maximum Gasteiger partial charge on any atom is 0.302 e. The third kappa shape index (κ3) is 6.80. The number of nitrogen functional groups attached to an aromatic ring is 1. The minimum Gasteiger partial charge on any atom is -0.494 e. The Morgan fingerprint density at radius 1 is 1.20 bits per heavy atom. The molecule has 1 aromatic heterocycles. The molecule has 0 unspecified atom stereocenters. The maximum atomic E-state index is 15.5. The Bertz CT molecular complexity index is 1520. The Balaban J connectivity index is 1.85. The maximum absolute atomic E-state index is 15.5. The van der Waals surface area contributed by atoms with Gasteiger partial charge < -0.3 is 29.8 Å². The molecule has 0 atom stereocenters. The second-order valence-electron chi connectivity index (χ2n) is 9.56. The molecule has 12 heteroatoms. The molecule has 0 radical (unpaired) electrons. The third-order valence-corrected chi connectivity index (χ3v) is 7.11. The van der Waals surface area contributed by atoms with Gasteiger partial charge in [-0.2, -0.15) is 0 Å². The summed E-state index contributed by atoms with van der Waals surface area (Å²) in [5, 5.41) is 2.96. The van der Waals surface area contributed by atoms with Crippen molar-refractivity contribution in [1.29, 1.82) is 0 Å². The zero-order valence-corrected chi connectivity index (χ0v) is 23.8. The van der Waals surface area contributed by atoms with Crippen molar-refractivity contribution in [2.45, 2.75) is 26.9 Å². The number of nitrogens with one attached hydrogen (secondary N) is 1. The number of aromatic nitrogens is 1. The SMILES string of the molecule is C=C(OCC)c1cn(-c2cc(N)c(F)cc2COC(C)=O)c2c(Cl)c(NCCCN3CCOCC3)c(F)cc2c1=O. The topological polar surface area (TPSA) is 108 Å². The summed E-state index contributed by atoms with van der Waals surface area (Å²) in [4.78, 5) is 27.3. The van der Waals surface area contributed by atoms with E-state index in [9.17, 15) is 14.0 Å². The van der Waals surface area contributed by atoms with E-state index in [0.717, 1.165) is 38.2 Å². The van der Waals surface area contributed by atoms with Crippen LogP contribution in [0.2, 0.25) is 5.02 Å². The molecule has 41 heavy (non-hydrogen) atoms. The summed E-state index contributed by atoms with van der Waals surface area (Å²) in [6, 6.07) is 3.57. The highest BCUT2D eigenvalue weighted by Crippen LogP contribution is 2.36. The first-order valence-electron chi connectivity index (χ1n) is 13.3. The normalized spacial score (nSPS) is 13.8. The predicted molar refractivity (Wildman–Crippen MR) is 155 cm³/mol. The number of ether oxygens (including phenoxy) is 3. The lowest BCUT2D eigenvalue weighted by Gasteiger charge is -2.26. The number of pyridine rings is 1. The van der Waals surface area contributed by atoms with Crippen molar-refractivity contribution >= 4 is 45.6 Å². The van der Waals surface area contributed by atoms with Crippen LogP contribution in [-0.4, -0.2) is 61.4 Å². The van der Waals surface area contributed by atoms with Gasteiger partial charge in [-0.15, -0.1) is 0 Å². The summed E-state index contributed by atoms with van der Waals surface area (Å²) in [6.07, 6.45) is 2.15. The predicted octanol–water partition coefficient (Wildman–Crippen LogP) is 4.71. The monoisotopic (exact) mass is 590 g/mol. The Morgan fingerprint density at radius 3 is 2.61 bits per heavy atom. The third-order valence-electron chi connectivity index (χ3n) is 6.74. The summed E-state index contributed by atoms with van der Waals surface area (Å²) in [7, 11) is 0. The largest absolute Gasteiger partial charge is 0.494 e. The van der Waals surface area contributed by atoms with E-state index in [1.807, 2.05) is 0 Å². The highest BCUT2D eigenvalue weighted by molar-refractivity contribution is 6.38. The molecule has 1 aliphatic heterocycles. The number of carbonyl (C=O) groups excluding carboxylic acids is 1. The lowest BCUT2D eigenvalue weighted by atomic mass is 10.1. The van der Waals surface area contributed by atoms with E-state index in [1.165, 1.54) is 23.8 Å². The molecule has 3 N–H and O–H groups in total. The number of nitrogens with zero attached hydrogens (tertiary/aromatic N) is 2. The van der Waals surface area contributed by atoms with Crippen molar-refractivity contribution in [3.8, 4) is 5.69 Å². The first kappa shape index (κ1) is 30.3. The Hall–Kier alpha value is -3.67. The molecule has 0 aliphatic carbocycles. The van der Waals surface area contributed by atoms with Crippen molar-refractivity contribution in [2.75, 3.05) is 57.1 Å². The fourth-order valence-electron chi connectivity index (χ4n) is 4.70. The minimum absolute atomic E-state index is 0.0160. The van der Waals surface area contributed by atoms with Crippen LogP contribution in [0.1, 0.15) is 31.4 Å². The van der Waals surface area contributed by atoms with E-state index in [2.05, 4.69) is 16.8 Å². The molecule has 1 fully saturated rings. The highest BCUT2D eigenvalue weighted by Gasteiger charge is 2.23. The molecule has 9 nitrogen and oxygen atoms in total. The standard InChI is InChI=1S/C29H33ClF2N4O5/c1-4-40-17(2)21-15-36(25-14-24(33)22(31)12-19(25)16-41-18(3)37)28-20(29(21)38)13-23(32)27(26(28)30)34-6-5-7-35-8-10-39-11-9-35/h12-15,34H,2,4-11,16,33H2,1,3H3. The van der Waals surface area contributed by atoms with Crippen LogP contribution in [-0.2, 0) is 25.6 Å². The number of fused-ring (bicyclic) bond motifs is 1. The lowest BCUT2D eigenvalue weighted by Crippen LogP contribution is -2.37. The number of carbonyl (C=O) groups is 1. The van der Waals surface area contributed by atoms with Gasteiger partial charge in [-0.1, -0.05) is 18.2 Å². The van der Waals surface area contributed by atoms with Crippen LogP contribution in [0.25, 0.3) is 22.3 Å². The number of anilines is 2. The van der Waals surface area contributed by atoms with Crippen LogP contribution in [0.3, 0.4) is 0 Å². The molecule has 0 saturated carbocycles. The van der Waals surface area contributed by atoms with Gasteiger partial charge >= 0.3 is 5.97 Å². The van der Waals surface area contributed by atoms with E-state index in [4.69, 9.17) is 31.5 Å². The van der Waals surface area contributed by atoms with Gasteiger partial charge in [0.15, 0.2) is 0 Å². The fraction of sp³-hybridized carbons (Fsp3) is 0.379. The number of halogens is 3. The summed E-state index contributed by atoms with van der Waals surface area (Å²) in [5.74, 6) is -1.95. The molecule has 220 valence electrons. The number of esters is 1. The first-order valence-corrected chi connectivity index (χ1v) is 13.6. The Kier molecular flexibility index (Phi) is 9.85. The quantitative estimate of drug-likeness (QED) is 0.143. The average Bonchev–Trinajstić information content (AvgIpc) is 2.94. The molecule has 2 aromatic carbocycles. The van der Waals surface area contributed by atoms with E-state index in [-0.39, 0.29) is 63.1 Å². The second kappa shape index (κ2) is 13.3. The van der Waals surface area contributed by atoms with E-state index in [0.29, 0.717) is 19.8 Å². The lowest BCUT2D eigenvalue weighted by molar-refractivity contribution is -0.142. The van der Waals surface area contributed by atoms with Crippen LogP contribution in [0.4, 0.5) is 20.2 Å². The van der Waals surface area contributed by atoms with E-state index in [1.54, 1.807) is 6.92 Å². The van der Waals surface area contributed by atoms with Crippen LogP contribution in [0.15, 0.2) is 35.8 Å². The van der Waals surface area contributed by atoms with E-state index >= 15 is 4.39 Å². The van der Waals surface area contributed by atoms with Gasteiger partial charge in [0.25, 0.3) is 0 Å². The Labute approximate surface area is 241 Å². The number of morpholine rings is 1. The van der Waals surface area contributed by atoms with Gasteiger partial charge in [0.1, 0.15) is 24.0 Å². The first-order chi connectivity index (χ1) is 19.6. The number of hydrogen-bond acceptors (Lipinski definition) is 8. The number of rotatable bonds is 11. The summed E-state index contributed by atoms with van der Waals surface area (Å²) < 4.78 is 47.5. The van der Waals surface area contributed by atoms with Crippen LogP contribution >= 0.6 is 11.6 Å². The molecular formula is C29H33ClF2N4O5. The van der Waals surface area contributed by atoms with Gasteiger partial charge in [0.2, 0.25) is 5.43 Å². The number of benzene rings is 2. The molecule has 2 heterocycles. The van der Waals surface area contributed by atoms with Gasteiger partial charge in [0, 0.05) is 38.3 Å². The summed E-state index contributed by atoms with van der Waals surface area (Å²) in [6.45, 7) is 11.0. The van der Waals surface area contributed by atoms with Crippen LogP contribution < -0.4 is 16.5 Å². The molecule has 4 rings (SSSR count). The van der Waals surface area contributed by atoms with Gasteiger partial charge in [-0.25, -0.2) is 8.78 Å². The summed E-state index contributed by atoms with van der Waals surface area (Å²) >= 11 is 6.81. The van der Waals surface area contributed by atoms with Crippen LogP contribution in [0, 0.1) is 11.6 Å². The molecule has 3 aromatic rings. The highest BCUT2D eigenvalue weighted by atomic mass is 35.5. The second-order valence-corrected chi connectivity index (χ2v) is 9.94. The zero-order chi connectivity index (χ0) is 29.7. The molecule has 1 aliphatic rings. The van der Waals surface area contributed by atoms with Gasteiger partial charge in [0.05, 0.1) is 58.4 Å². The average molecular weight is 591 g/mol. The van der Waals surface area contributed by atoms with Crippen molar-refractivity contribution in [2.24, 2.45) is 0 Å². The Morgan fingerprint density at radius 2 is 1.93 bits per heavy atom. The van der Waals surface area contributed by atoms with Crippen molar-refractivity contribution < 1.29 is 27.8 Å². The fourth-order valence-corrected chi connectivity index (χ4v) is 5.05. The summed E-state index contributed by atoms with van der Waals surface area (Å²) in [5.41, 5.74) is 5.90. The smallest absolute Gasteiger partial charge is 0.302 e. The van der Waals surface area contributed by atoms with Crippen molar-refractivity contribution in [1.82, 2.24) is 9.47 Å². The van der Waals surface area contributed by atoms with Gasteiger partial charge in [-0.3, -0.25) is 14.5 Å². The minimum atomic E-state index is -0.722. The van der Waals surface area contributed by atoms with Crippen molar-refractivity contribution in [3.05, 3.63) is 69.0 Å².